The third-order valence-electron chi connectivity index (χ3n) is 8.28. The largest absolute Gasteiger partial charge is 0.496 e. The van der Waals surface area contributed by atoms with E-state index in [2.05, 4.69) is 0 Å². The van der Waals surface area contributed by atoms with E-state index in [4.69, 9.17) is 33.2 Å². The van der Waals surface area contributed by atoms with Crippen molar-refractivity contribution in [2.45, 2.75) is 57.8 Å². The molecule has 0 saturated heterocycles. The van der Waals surface area contributed by atoms with E-state index in [1.165, 1.54) is 34.1 Å². The van der Waals surface area contributed by atoms with Crippen LogP contribution in [0.2, 0.25) is 0 Å². The van der Waals surface area contributed by atoms with E-state index in [-0.39, 0.29) is 30.5 Å². The van der Waals surface area contributed by atoms with Crippen molar-refractivity contribution >= 4 is 17.7 Å². The van der Waals surface area contributed by atoms with Gasteiger partial charge in [0.25, 0.3) is 0 Å². The van der Waals surface area contributed by atoms with Crippen molar-refractivity contribution < 1.29 is 52.6 Å². The average molecular weight is 557 g/mol. The van der Waals surface area contributed by atoms with Crippen LogP contribution in [0.5, 0.6) is 17.2 Å². The number of rotatable bonds is 5. The van der Waals surface area contributed by atoms with Gasteiger partial charge in [0.1, 0.15) is 23.7 Å². The summed E-state index contributed by atoms with van der Waals surface area (Å²) in [5.41, 5.74) is -1.78. The first-order valence-electron chi connectivity index (χ1n) is 12.9. The number of aliphatic hydroxyl groups is 1. The molecule has 11 nitrogen and oxygen atoms in total. The van der Waals surface area contributed by atoms with Crippen LogP contribution in [0.3, 0.4) is 0 Å². The second-order valence-electron chi connectivity index (χ2n) is 10.4. The average Bonchev–Trinajstić information content (AvgIpc) is 3.55. The zero-order valence-electron chi connectivity index (χ0n) is 23.4. The van der Waals surface area contributed by atoms with Crippen molar-refractivity contribution in [3.63, 3.8) is 0 Å². The van der Waals surface area contributed by atoms with Crippen molar-refractivity contribution in [1.29, 1.82) is 0 Å². The number of allylic oxidation sites excluding steroid dienone is 2. The Bertz CT molecular complexity index is 1400. The zero-order valence-corrected chi connectivity index (χ0v) is 23.4. The number of carbonyl (C=O) groups excluding carboxylic acids is 3. The lowest BCUT2D eigenvalue weighted by atomic mass is 9.60. The number of fused-ring (bicyclic) bond motifs is 2. The van der Waals surface area contributed by atoms with Crippen LogP contribution in [0.1, 0.15) is 51.8 Å². The number of ketones is 1. The molecule has 1 N–H and O–H groups in total. The van der Waals surface area contributed by atoms with Gasteiger partial charge >= 0.3 is 11.9 Å². The lowest BCUT2D eigenvalue weighted by Crippen LogP contribution is -2.57. The molecule has 0 fully saturated rings. The van der Waals surface area contributed by atoms with Gasteiger partial charge in [-0.25, -0.2) is 4.79 Å². The van der Waals surface area contributed by atoms with Crippen LogP contribution in [0.25, 0.3) is 0 Å². The summed E-state index contributed by atoms with van der Waals surface area (Å²) in [7, 11) is 2.73. The minimum atomic E-state index is -1.86. The molecule has 2 aliphatic heterocycles. The highest BCUT2D eigenvalue weighted by atomic mass is 16.7. The topological polar surface area (TPSA) is 136 Å². The molecule has 2 heterocycles. The van der Waals surface area contributed by atoms with E-state index in [1.807, 2.05) is 0 Å². The van der Waals surface area contributed by atoms with E-state index in [1.54, 1.807) is 32.9 Å². The van der Waals surface area contributed by atoms with Gasteiger partial charge in [0.15, 0.2) is 23.4 Å². The van der Waals surface area contributed by atoms with Gasteiger partial charge in [0.2, 0.25) is 24.1 Å². The Labute approximate surface area is 231 Å². The van der Waals surface area contributed by atoms with Crippen molar-refractivity contribution in [2.24, 2.45) is 5.92 Å². The maximum Gasteiger partial charge on any atom is 0.333 e. The van der Waals surface area contributed by atoms with Crippen LogP contribution in [0.15, 0.2) is 40.9 Å². The maximum absolute atomic E-state index is 13.3. The molecule has 1 aromatic rings. The van der Waals surface area contributed by atoms with Gasteiger partial charge < -0.3 is 38.3 Å². The molecule has 4 aliphatic rings. The maximum atomic E-state index is 13.3. The highest BCUT2D eigenvalue weighted by molar-refractivity contribution is 6.06. The quantitative estimate of drug-likeness (QED) is 0.423. The van der Waals surface area contributed by atoms with Crippen LogP contribution in [-0.4, -0.2) is 62.2 Å². The molecular weight excluding hydrogens is 524 g/mol. The fourth-order valence-corrected chi connectivity index (χ4v) is 5.99. The van der Waals surface area contributed by atoms with Crippen molar-refractivity contribution in [2.75, 3.05) is 27.6 Å². The van der Waals surface area contributed by atoms with Crippen LogP contribution < -0.4 is 14.2 Å². The first-order chi connectivity index (χ1) is 18.9. The second kappa shape index (κ2) is 9.58. The Morgan fingerprint density at radius 2 is 1.82 bits per heavy atom. The summed E-state index contributed by atoms with van der Waals surface area (Å²) < 4.78 is 41.0. The standard InChI is InChI=1S/C29H32O11/c1-8-13(2)27(32)40-21-14(3)28(5,33)25(39-15(4)30)17-10-18(31)22(34-6)26(35-7)29(17)11-36-24-20(29)16(21)9-19-23(24)38-12-37-19/h8-10,14,21,25,33H,11-12H2,1-7H3/t14-,21+,25-,28+,29-/m0/s1. The third-order valence-corrected chi connectivity index (χ3v) is 8.28. The van der Waals surface area contributed by atoms with Crippen molar-refractivity contribution in [3.05, 3.63) is 52.0 Å². The lowest BCUT2D eigenvalue weighted by Gasteiger charge is -2.49. The number of hydrogen-bond acceptors (Lipinski definition) is 11. The van der Waals surface area contributed by atoms with E-state index in [9.17, 15) is 19.5 Å². The third kappa shape index (κ3) is 3.71. The molecule has 2 aliphatic carbocycles. The van der Waals surface area contributed by atoms with Gasteiger partial charge in [-0.1, -0.05) is 13.0 Å². The molecule has 0 saturated carbocycles. The molecule has 0 aromatic heterocycles. The van der Waals surface area contributed by atoms with Crippen molar-refractivity contribution in [1.82, 2.24) is 0 Å². The predicted molar refractivity (Wildman–Crippen MR) is 137 cm³/mol. The Hall–Kier alpha value is -3.99. The molecule has 5 rings (SSSR count). The monoisotopic (exact) mass is 556 g/mol. The van der Waals surface area contributed by atoms with Gasteiger partial charge in [-0.05, 0) is 38.5 Å². The normalized spacial score (nSPS) is 30.3. The van der Waals surface area contributed by atoms with Crippen LogP contribution in [-0.2, 0) is 38.7 Å². The highest BCUT2D eigenvalue weighted by Gasteiger charge is 2.64. The van der Waals surface area contributed by atoms with E-state index in [0.29, 0.717) is 33.9 Å². The van der Waals surface area contributed by atoms with Gasteiger partial charge in [-0.2, -0.15) is 0 Å². The number of ether oxygens (including phenoxy) is 7. The molecular formula is C29H32O11. The second-order valence-corrected chi connectivity index (χ2v) is 10.4. The summed E-state index contributed by atoms with van der Waals surface area (Å²) in [6.45, 7) is 7.51. The molecule has 0 radical (unpaired) electrons. The van der Waals surface area contributed by atoms with Crippen LogP contribution in [0, 0.1) is 5.92 Å². The molecule has 214 valence electrons. The van der Waals surface area contributed by atoms with Crippen LogP contribution in [0.4, 0.5) is 0 Å². The van der Waals surface area contributed by atoms with E-state index in [0.717, 1.165) is 0 Å². The van der Waals surface area contributed by atoms with Gasteiger partial charge in [0.05, 0.1) is 14.2 Å². The first kappa shape index (κ1) is 27.6. The van der Waals surface area contributed by atoms with E-state index < -0.39 is 46.9 Å². The van der Waals surface area contributed by atoms with E-state index >= 15 is 0 Å². The zero-order chi connectivity index (χ0) is 29.1. The fraction of sp³-hybridized carbons (Fsp3) is 0.483. The Balaban J connectivity index is 1.92. The smallest absolute Gasteiger partial charge is 0.333 e. The Morgan fingerprint density at radius 1 is 1.10 bits per heavy atom. The summed E-state index contributed by atoms with van der Waals surface area (Å²) in [5.74, 6) is -1.69. The van der Waals surface area contributed by atoms with Gasteiger partial charge in [-0.3, -0.25) is 9.59 Å². The molecule has 40 heavy (non-hydrogen) atoms. The summed E-state index contributed by atoms with van der Waals surface area (Å²) >= 11 is 0. The Kier molecular flexibility index (Phi) is 6.60. The molecule has 0 unspecified atom stereocenters. The highest BCUT2D eigenvalue weighted by Crippen LogP contribution is 2.63. The molecule has 0 amide bonds. The van der Waals surface area contributed by atoms with Crippen LogP contribution >= 0.6 is 0 Å². The first-order valence-corrected chi connectivity index (χ1v) is 12.9. The summed E-state index contributed by atoms with van der Waals surface area (Å²) in [5, 5.41) is 12.2. The molecule has 1 spiro atoms. The molecule has 0 bridgehead atoms. The molecule has 11 heteroatoms. The number of benzene rings is 1. The fourth-order valence-electron chi connectivity index (χ4n) is 5.99. The number of hydrogen-bond donors (Lipinski definition) is 1. The van der Waals surface area contributed by atoms with Crippen molar-refractivity contribution in [3.8, 4) is 17.2 Å². The number of esters is 2. The van der Waals surface area contributed by atoms with Gasteiger partial charge in [-0.15, -0.1) is 0 Å². The number of methoxy groups -OCH3 is 2. The minimum absolute atomic E-state index is 0.0649. The summed E-state index contributed by atoms with van der Waals surface area (Å²) in [6, 6.07) is 1.69. The summed E-state index contributed by atoms with van der Waals surface area (Å²) in [6.07, 6.45) is 0.457. The van der Waals surface area contributed by atoms with Gasteiger partial charge in [0, 0.05) is 29.5 Å². The Morgan fingerprint density at radius 3 is 2.45 bits per heavy atom. The molecule has 5 atom stereocenters. The summed E-state index contributed by atoms with van der Waals surface area (Å²) in [4.78, 5) is 39.0. The number of carbonyl (C=O) groups is 3. The molecule has 1 aromatic carbocycles. The predicted octanol–water partition coefficient (Wildman–Crippen LogP) is 2.94. The lowest BCUT2D eigenvalue weighted by molar-refractivity contribution is -0.178. The SMILES string of the molecule is CC=C(C)C(=O)O[C@H]1c2cc3c(c4c2[C@]2(CO4)C(=CC(=O)C(OC)=C2OC)[C@H](OC(C)=O)[C@](C)(O)[C@H]1C)OCO3. The minimum Gasteiger partial charge on any atom is -0.496 e.